The lowest BCUT2D eigenvalue weighted by molar-refractivity contribution is 0.0922. The van der Waals surface area contributed by atoms with Gasteiger partial charge in [-0.3, -0.25) is 4.79 Å². The van der Waals surface area contributed by atoms with Gasteiger partial charge in [0.25, 0.3) is 5.91 Å². The summed E-state index contributed by atoms with van der Waals surface area (Å²) in [5.41, 5.74) is 3.18. The van der Waals surface area contributed by atoms with E-state index in [0.717, 1.165) is 0 Å². The van der Waals surface area contributed by atoms with Gasteiger partial charge in [0.05, 0.1) is 6.61 Å². The molecule has 3 nitrogen and oxygen atoms in total. The molecule has 0 aliphatic heterocycles. The topological polar surface area (TPSA) is 38.3 Å². The molecule has 0 unspecified atom stereocenters. The fourth-order valence-corrected chi connectivity index (χ4v) is 1.95. The minimum absolute atomic E-state index is 0.0342. The van der Waals surface area contributed by atoms with Crippen molar-refractivity contribution in [1.29, 1.82) is 0 Å². The molecule has 0 spiro atoms. The Morgan fingerprint density at radius 2 is 2.11 bits per heavy atom. The highest BCUT2D eigenvalue weighted by Crippen LogP contribution is 2.19. The van der Waals surface area contributed by atoms with Gasteiger partial charge >= 0.3 is 0 Å². The van der Waals surface area contributed by atoms with Crippen molar-refractivity contribution < 1.29 is 9.53 Å². The van der Waals surface area contributed by atoms with E-state index in [1.807, 2.05) is 32.0 Å². The third kappa shape index (κ3) is 4.15. The van der Waals surface area contributed by atoms with Crippen LogP contribution in [0.1, 0.15) is 48.2 Å². The largest absolute Gasteiger partial charge is 0.380 e. The first-order valence-corrected chi connectivity index (χ1v) is 6.52. The molecule has 1 aromatic carbocycles. The van der Waals surface area contributed by atoms with Gasteiger partial charge in [0.15, 0.2) is 0 Å². The van der Waals surface area contributed by atoms with Gasteiger partial charge in [-0.15, -0.1) is 0 Å². The lowest BCUT2D eigenvalue weighted by Gasteiger charge is -2.11. The second-order valence-corrected chi connectivity index (χ2v) is 4.68. The van der Waals surface area contributed by atoms with Crippen LogP contribution in [0, 0.1) is 6.92 Å². The Morgan fingerprint density at radius 1 is 1.39 bits per heavy atom. The Morgan fingerprint density at radius 3 is 2.67 bits per heavy atom. The quantitative estimate of drug-likeness (QED) is 0.787. The summed E-state index contributed by atoms with van der Waals surface area (Å²) >= 11 is 0. The normalized spacial score (nSPS) is 10.7. The molecule has 1 amide bonds. The maximum atomic E-state index is 11.9. The van der Waals surface area contributed by atoms with Crippen molar-refractivity contribution in [1.82, 2.24) is 5.32 Å². The van der Waals surface area contributed by atoms with Crippen LogP contribution < -0.4 is 5.32 Å². The number of benzene rings is 1. The SMILES string of the molecule is CCOCCNC(=O)c1ccc(C(C)C)c(C)c1. The first kappa shape index (κ1) is 14.7. The van der Waals surface area contributed by atoms with Crippen molar-refractivity contribution >= 4 is 5.91 Å². The predicted octanol–water partition coefficient (Wildman–Crippen LogP) is 2.88. The number of rotatable bonds is 6. The molecular formula is C15H23NO2. The van der Waals surface area contributed by atoms with Crippen molar-refractivity contribution in [3.8, 4) is 0 Å². The Hall–Kier alpha value is -1.35. The third-order valence-corrected chi connectivity index (χ3v) is 2.89. The van der Waals surface area contributed by atoms with E-state index < -0.39 is 0 Å². The zero-order valence-corrected chi connectivity index (χ0v) is 11.7. The Labute approximate surface area is 110 Å². The van der Waals surface area contributed by atoms with E-state index in [0.29, 0.717) is 31.2 Å². The summed E-state index contributed by atoms with van der Waals surface area (Å²) in [6.07, 6.45) is 0. The second kappa shape index (κ2) is 7.17. The Balaban J connectivity index is 2.61. The van der Waals surface area contributed by atoms with Crippen LogP contribution >= 0.6 is 0 Å². The van der Waals surface area contributed by atoms with Crippen molar-refractivity contribution in [2.45, 2.75) is 33.6 Å². The van der Waals surface area contributed by atoms with Gasteiger partial charge in [-0.1, -0.05) is 19.9 Å². The molecule has 0 saturated carbocycles. The van der Waals surface area contributed by atoms with Crippen LogP contribution in [0.25, 0.3) is 0 Å². The highest BCUT2D eigenvalue weighted by molar-refractivity contribution is 5.94. The molecular weight excluding hydrogens is 226 g/mol. The van der Waals surface area contributed by atoms with Gasteiger partial charge in [0.1, 0.15) is 0 Å². The molecule has 1 N–H and O–H groups in total. The summed E-state index contributed by atoms with van der Waals surface area (Å²) in [5.74, 6) is 0.452. The van der Waals surface area contributed by atoms with Crippen LogP contribution in [0.3, 0.4) is 0 Å². The first-order valence-electron chi connectivity index (χ1n) is 6.52. The number of aryl methyl sites for hydroxylation is 1. The molecule has 0 aliphatic carbocycles. The molecule has 0 bridgehead atoms. The molecule has 1 rings (SSSR count). The highest BCUT2D eigenvalue weighted by Gasteiger charge is 2.08. The zero-order chi connectivity index (χ0) is 13.5. The Kier molecular flexibility index (Phi) is 5.86. The molecule has 0 aromatic heterocycles. The van der Waals surface area contributed by atoms with Crippen LogP contribution in [-0.2, 0) is 4.74 Å². The highest BCUT2D eigenvalue weighted by atomic mass is 16.5. The van der Waals surface area contributed by atoms with E-state index in [-0.39, 0.29) is 5.91 Å². The molecule has 0 atom stereocenters. The number of hydrogen-bond acceptors (Lipinski definition) is 2. The van der Waals surface area contributed by atoms with E-state index >= 15 is 0 Å². The van der Waals surface area contributed by atoms with Crippen LogP contribution in [0.15, 0.2) is 18.2 Å². The number of amides is 1. The molecule has 3 heteroatoms. The summed E-state index contributed by atoms with van der Waals surface area (Å²) in [6, 6.07) is 5.88. The van der Waals surface area contributed by atoms with E-state index in [1.54, 1.807) is 0 Å². The summed E-state index contributed by atoms with van der Waals surface area (Å²) in [7, 11) is 0. The van der Waals surface area contributed by atoms with E-state index in [1.165, 1.54) is 11.1 Å². The molecule has 0 fully saturated rings. The second-order valence-electron chi connectivity index (χ2n) is 4.68. The predicted molar refractivity (Wildman–Crippen MR) is 74.1 cm³/mol. The molecule has 1 aromatic rings. The van der Waals surface area contributed by atoms with Gasteiger partial charge in [-0.25, -0.2) is 0 Å². The molecule has 18 heavy (non-hydrogen) atoms. The maximum Gasteiger partial charge on any atom is 0.251 e. The number of carbonyl (C=O) groups excluding carboxylic acids is 1. The van der Waals surface area contributed by atoms with Crippen molar-refractivity contribution in [2.24, 2.45) is 0 Å². The molecule has 0 radical (unpaired) electrons. The van der Waals surface area contributed by atoms with Crippen LogP contribution in [0.4, 0.5) is 0 Å². The standard InChI is InChI=1S/C15H23NO2/c1-5-18-9-8-16-15(17)13-6-7-14(11(2)3)12(4)10-13/h6-7,10-11H,5,8-9H2,1-4H3,(H,16,17). The Bertz CT molecular complexity index is 399. The summed E-state index contributed by atoms with van der Waals surface area (Å²) in [4.78, 5) is 11.9. The minimum atomic E-state index is -0.0342. The van der Waals surface area contributed by atoms with E-state index in [4.69, 9.17) is 4.74 Å². The average molecular weight is 249 g/mol. The maximum absolute atomic E-state index is 11.9. The van der Waals surface area contributed by atoms with Crippen LogP contribution in [-0.4, -0.2) is 25.7 Å². The number of nitrogens with one attached hydrogen (secondary N) is 1. The summed E-state index contributed by atoms with van der Waals surface area (Å²) < 4.78 is 5.18. The monoisotopic (exact) mass is 249 g/mol. The van der Waals surface area contributed by atoms with Crippen LogP contribution in [0.5, 0.6) is 0 Å². The van der Waals surface area contributed by atoms with E-state index in [9.17, 15) is 4.79 Å². The lowest BCUT2D eigenvalue weighted by Crippen LogP contribution is -2.27. The fraction of sp³-hybridized carbons (Fsp3) is 0.533. The van der Waals surface area contributed by atoms with Gasteiger partial charge < -0.3 is 10.1 Å². The molecule has 100 valence electrons. The number of ether oxygens (including phenoxy) is 1. The van der Waals surface area contributed by atoms with Crippen molar-refractivity contribution in [2.75, 3.05) is 19.8 Å². The molecule has 0 saturated heterocycles. The molecule has 0 aliphatic rings. The van der Waals surface area contributed by atoms with Gasteiger partial charge in [-0.2, -0.15) is 0 Å². The first-order chi connectivity index (χ1) is 8.56. The van der Waals surface area contributed by atoms with E-state index in [2.05, 4.69) is 19.2 Å². The minimum Gasteiger partial charge on any atom is -0.380 e. The van der Waals surface area contributed by atoms with Crippen LogP contribution in [0.2, 0.25) is 0 Å². The lowest BCUT2D eigenvalue weighted by atomic mass is 9.96. The summed E-state index contributed by atoms with van der Waals surface area (Å²) in [6.45, 7) is 10.1. The number of carbonyl (C=O) groups is 1. The smallest absolute Gasteiger partial charge is 0.251 e. The van der Waals surface area contributed by atoms with Gasteiger partial charge in [0, 0.05) is 18.7 Å². The number of hydrogen-bond donors (Lipinski definition) is 1. The third-order valence-electron chi connectivity index (χ3n) is 2.89. The summed E-state index contributed by atoms with van der Waals surface area (Å²) in [5, 5.41) is 2.85. The fourth-order valence-electron chi connectivity index (χ4n) is 1.95. The average Bonchev–Trinajstić information content (AvgIpc) is 2.33. The van der Waals surface area contributed by atoms with Crippen molar-refractivity contribution in [3.05, 3.63) is 34.9 Å². The van der Waals surface area contributed by atoms with Crippen molar-refractivity contribution in [3.63, 3.8) is 0 Å². The van der Waals surface area contributed by atoms with Gasteiger partial charge in [0.2, 0.25) is 0 Å². The molecule has 0 heterocycles. The van der Waals surface area contributed by atoms with Gasteiger partial charge in [-0.05, 0) is 43.0 Å². The zero-order valence-electron chi connectivity index (χ0n) is 11.7.